The number of hydrogen-bond donors (Lipinski definition) is 2. The molecule has 2 fully saturated rings. The maximum atomic E-state index is 15.0. The van der Waals surface area contributed by atoms with Crippen molar-refractivity contribution in [2.75, 3.05) is 54.1 Å². The van der Waals surface area contributed by atoms with Crippen molar-refractivity contribution in [3.63, 3.8) is 0 Å². The summed E-state index contributed by atoms with van der Waals surface area (Å²) >= 11 is 0. The van der Waals surface area contributed by atoms with Gasteiger partial charge in [0.05, 0.1) is 48.3 Å². The van der Waals surface area contributed by atoms with Gasteiger partial charge in [-0.05, 0) is 124 Å². The zero-order valence-corrected chi connectivity index (χ0v) is 46.5. The van der Waals surface area contributed by atoms with Gasteiger partial charge in [-0.3, -0.25) is 34.1 Å². The molecule has 74 heavy (non-hydrogen) atoms. The van der Waals surface area contributed by atoms with E-state index in [2.05, 4.69) is 27.6 Å². The Hall–Kier alpha value is -5.65. The molecule has 0 unspecified atom stereocenters. The number of cyclic esters (lactones) is 1. The maximum Gasteiger partial charge on any atom is 0.406 e. The number of hydrazine groups is 1. The third kappa shape index (κ3) is 12.7. The second-order valence-corrected chi connectivity index (χ2v) is 23.9. The number of methoxy groups -OCH3 is 1. The van der Waals surface area contributed by atoms with Crippen LogP contribution in [0.3, 0.4) is 0 Å². The van der Waals surface area contributed by atoms with Crippen LogP contribution in [0.1, 0.15) is 89.8 Å². The van der Waals surface area contributed by atoms with Crippen LogP contribution in [0.2, 0.25) is 0 Å². The minimum absolute atomic E-state index is 0.0101. The van der Waals surface area contributed by atoms with Gasteiger partial charge in [-0.2, -0.15) is 13.2 Å². The Morgan fingerprint density at radius 2 is 1.80 bits per heavy atom. The Balaban J connectivity index is 1.28. The molecule has 4 aromatic rings. The van der Waals surface area contributed by atoms with Crippen molar-refractivity contribution in [3.8, 4) is 34.2 Å². The predicted octanol–water partition coefficient (Wildman–Crippen LogP) is 6.29. The number of fused-ring (bicyclic) bond motifs is 6. The smallest absolute Gasteiger partial charge is 0.406 e. The topological polar surface area (TPSA) is 148 Å². The molecule has 0 spiro atoms. The van der Waals surface area contributed by atoms with E-state index < -0.39 is 71.4 Å². The minimum atomic E-state index is -4.63. The van der Waals surface area contributed by atoms with Crippen LogP contribution in [0, 0.1) is 29.1 Å². The summed E-state index contributed by atoms with van der Waals surface area (Å²) in [5.74, 6) is 2.97. The quantitative estimate of drug-likeness (QED) is 0.0719. The van der Waals surface area contributed by atoms with E-state index in [-0.39, 0.29) is 60.8 Å². The number of halogens is 4. The number of carbonyl (C=O) groups is 4. The summed E-state index contributed by atoms with van der Waals surface area (Å²) in [5, 5.41) is 3.67. The molecule has 4 atom stereocenters. The van der Waals surface area contributed by atoms with Gasteiger partial charge in [0.15, 0.2) is 0 Å². The fraction of sp³-hybridized carbons (Fsp3) is 0.545. The van der Waals surface area contributed by atoms with E-state index in [1.54, 1.807) is 54.4 Å². The molecule has 3 aliphatic heterocycles. The van der Waals surface area contributed by atoms with Gasteiger partial charge in [0, 0.05) is 71.5 Å². The number of alkyl halides is 4. The van der Waals surface area contributed by atoms with Gasteiger partial charge >= 0.3 is 12.1 Å². The standard InChI is InChI=1S/C55H71F4N7O7Si/c1-33(2)43(30-72-39-28-64(29-39)46(67)16-18-53(6,7)63(8)9)49(68)61-44-24-35-21-36(27-56)23-38(22-35)37-14-15-45-41(25-37)42(26-52(4,5)32-73-51(70)54(74)17-12-20-66(62-54)50(44)69)48(65(45)31-55(57,58)59)40-13-11-19-60-47(40)34(3)71-10/h11,13-15,19,21-23,25,33-34,39,43-44,62H,12,17,20,24,26-32H2,1-10,74H3,(H,61,68)/t34-,43-,44-,54-/m0/s1. The van der Waals surface area contributed by atoms with E-state index in [4.69, 9.17) is 14.2 Å². The second kappa shape index (κ2) is 22.3. The summed E-state index contributed by atoms with van der Waals surface area (Å²) in [6.07, 6.45) is -3.04. The molecule has 0 radical (unpaired) electrons. The van der Waals surface area contributed by atoms with Crippen molar-refractivity contribution in [1.29, 1.82) is 0 Å². The molecular weight excluding hydrogens is 975 g/mol. The van der Waals surface area contributed by atoms with Gasteiger partial charge in [-0.1, -0.05) is 51.8 Å². The highest BCUT2D eigenvalue weighted by Gasteiger charge is 2.44. The van der Waals surface area contributed by atoms with Crippen LogP contribution in [-0.2, 0) is 59.4 Å². The number of likely N-dealkylation sites (tertiary alicyclic amines) is 1. The van der Waals surface area contributed by atoms with Gasteiger partial charge in [-0.25, -0.2) is 9.82 Å². The van der Waals surface area contributed by atoms with Crippen LogP contribution >= 0.6 is 0 Å². The second-order valence-electron chi connectivity index (χ2n) is 22.2. The first-order chi connectivity index (χ1) is 34.7. The molecule has 3 amide bonds. The van der Waals surface area contributed by atoms with Crippen molar-refractivity contribution >= 4 is 44.8 Å². The number of hydrogen-bond acceptors (Lipinski definition) is 10. The fourth-order valence-electron chi connectivity index (χ4n) is 9.69. The Labute approximate surface area is 434 Å². The molecule has 0 saturated carbocycles. The molecule has 3 aliphatic rings. The number of aromatic nitrogens is 2. The monoisotopic (exact) mass is 1050 g/mol. The van der Waals surface area contributed by atoms with Gasteiger partial charge in [0.2, 0.25) is 5.91 Å². The van der Waals surface area contributed by atoms with Crippen LogP contribution in [0.25, 0.3) is 33.3 Å². The number of ether oxygens (including phenoxy) is 3. The van der Waals surface area contributed by atoms with E-state index in [9.17, 15) is 36.7 Å². The lowest BCUT2D eigenvalue weighted by atomic mass is 9.84. The van der Waals surface area contributed by atoms with E-state index >= 15 is 0 Å². The van der Waals surface area contributed by atoms with Crippen molar-refractivity contribution in [2.24, 2.45) is 17.3 Å². The number of rotatable bonds is 12. The highest BCUT2D eigenvalue weighted by atomic mass is 28.1. The summed E-state index contributed by atoms with van der Waals surface area (Å²) < 4.78 is 78.6. The molecule has 2 aromatic carbocycles. The van der Waals surface area contributed by atoms with Crippen molar-refractivity contribution in [2.45, 2.75) is 122 Å². The first-order valence-corrected chi connectivity index (χ1v) is 26.3. The van der Waals surface area contributed by atoms with Crippen molar-refractivity contribution < 1.29 is 51.0 Å². The van der Waals surface area contributed by atoms with Gasteiger partial charge < -0.3 is 29.0 Å². The molecule has 2 aromatic heterocycles. The van der Waals surface area contributed by atoms with Crippen LogP contribution in [0.5, 0.6) is 0 Å². The zero-order chi connectivity index (χ0) is 54.1. The third-order valence-electron chi connectivity index (χ3n) is 14.7. The number of nitrogens with zero attached hydrogens (tertiary/aromatic N) is 5. The normalized spacial score (nSPS) is 20.7. The third-order valence-corrected chi connectivity index (χ3v) is 15.9. The van der Waals surface area contributed by atoms with E-state index in [1.165, 1.54) is 16.7 Å². The summed E-state index contributed by atoms with van der Waals surface area (Å²) in [6.45, 7) is 11.7. The number of pyridine rings is 1. The molecule has 400 valence electrons. The van der Waals surface area contributed by atoms with Gasteiger partial charge in [-0.15, -0.1) is 0 Å². The van der Waals surface area contributed by atoms with Crippen LogP contribution in [0.15, 0.2) is 54.7 Å². The minimum Gasteiger partial charge on any atom is -0.464 e. The maximum absolute atomic E-state index is 15.0. The molecule has 2 N–H and O–H groups in total. The lowest BCUT2D eigenvalue weighted by Crippen LogP contribution is -2.67. The summed E-state index contributed by atoms with van der Waals surface area (Å²) in [5.41, 5.74) is 5.88. The van der Waals surface area contributed by atoms with Crippen molar-refractivity contribution in [1.82, 2.24) is 35.1 Å². The summed E-state index contributed by atoms with van der Waals surface area (Å²) in [7, 11) is 5.51. The lowest BCUT2D eigenvalue weighted by Gasteiger charge is -2.41. The Bertz CT molecular complexity index is 2820. The molecule has 7 rings (SSSR count). The summed E-state index contributed by atoms with van der Waals surface area (Å²) in [4.78, 5) is 64.6. The number of esters is 1. The molecule has 6 bridgehead atoms. The number of carbonyl (C=O) groups excluding carboxylic acids is 4. The molecule has 0 aliphatic carbocycles. The Kier molecular flexibility index (Phi) is 16.9. The highest BCUT2D eigenvalue weighted by molar-refractivity contribution is 6.27. The van der Waals surface area contributed by atoms with Gasteiger partial charge in [0.25, 0.3) is 11.8 Å². The van der Waals surface area contributed by atoms with Gasteiger partial charge in [0.1, 0.15) is 24.4 Å². The number of nitrogens with one attached hydrogen (secondary N) is 2. The lowest BCUT2D eigenvalue weighted by molar-refractivity contribution is -0.158. The number of benzene rings is 2. The molecule has 14 nitrogen and oxygen atoms in total. The molecule has 19 heteroatoms. The average Bonchev–Trinajstić information content (AvgIpc) is 3.61. The fourth-order valence-corrected chi connectivity index (χ4v) is 10.5. The van der Waals surface area contributed by atoms with Crippen LogP contribution in [0.4, 0.5) is 17.6 Å². The Morgan fingerprint density at radius 1 is 1.07 bits per heavy atom. The van der Waals surface area contributed by atoms with E-state index in [1.807, 2.05) is 72.7 Å². The zero-order valence-electron chi connectivity index (χ0n) is 44.5. The Morgan fingerprint density at radius 3 is 2.46 bits per heavy atom. The van der Waals surface area contributed by atoms with Crippen LogP contribution in [-0.4, -0.2) is 141 Å². The van der Waals surface area contributed by atoms with E-state index in [0.717, 1.165) is 0 Å². The van der Waals surface area contributed by atoms with Crippen LogP contribution < -0.4 is 10.7 Å². The van der Waals surface area contributed by atoms with Crippen molar-refractivity contribution in [3.05, 3.63) is 77.1 Å². The number of amides is 3. The first kappa shape index (κ1) is 56.1. The summed E-state index contributed by atoms with van der Waals surface area (Å²) in [6, 6.07) is 12.5. The highest BCUT2D eigenvalue weighted by Crippen LogP contribution is 2.43. The van der Waals surface area contributed by atoms with E-state index in [0.29, 0.717) is 81.6 Å². The molecular formula is C55H71F4N7O7Si. The predicted molar refractivity (Wildman–Crippen MR) is 278 cm³/mol. The largest absolute Gasteiger partial charge is 0.464 e. The average molecular weight is 1050 g/mol. The first-order valence-electron chi connectivity index (χ1n) is 25.3. The molecule has 2 saturated heterocycles. The molecule has 5 heterocycles. The SMILES string of the molecule is CO[C@@H](C)c1ncccc1-c1c2c3cc(ccc3n1CC(F)(F)F)-c1cc(CF)cc(c1)C[C@H](NC(=O)[C@@H](COC1CN(C(=O)C#CC(C)(C)N(C)C)C1)C(C)C)C(=O)N1CCC[C@@]([SiH3])(N1)C(=O)OCC(C)(C)C2.